The van der Waals surface area contributed by atoms with E-state index in [1.165, 1.54) is 12.8 Å². The summed E-state index contributed by atoms with van der Waals surface area (Å²) in [6.07, 6.45) is 10.8. The third-order valence-electron chi connectivity index (χ3n) is 7.61. The van der Waals surface area contributed by atoms with Crippen molar-refractivity contribution in [2.75, 3.05) is 13.2 Å². The number of allylic oxidation sites excluding steroid dienone is 1. The minimum absolute atomic E-state index is 0.0116. The Morgan fingerprint density at radius 1 is 1.35 bits per heavy atom. The number of hydrogen-bond donors (Lipinski definition) is 0. The van der Waals surface area contributed by atoms with Gasteiger partial charge in [-0.15, -0.1) is 6.58 Å². The molecule has 5 atom stereocenters. The van der Waals surface area contributed by atoms with Crippen molar-refractivity contribution in [1.29, 1.82) is 0 Å². The third kappa shape index (κ3) is 2.08. The van der Waals surface area contributed by atoms with Crippen molar-refractivity contribution >= 4 is 5.97 Å². The molecule has 0 N–H and O–H groups in total. The van der Waals surface area contributed by atoms with E-state index in [9.17, 15) is 4.79 Å². The van der Waals surface area contributed by atoms with Crippen LogP contribution in [-0.4, -0.2) is 24.8 Å². The molecule has 0 aromatic heterocycles. The smallest absolute Gasteiger partial charge is 0.334 e. The van der Waals surface area contributed by atoms with Gasteiger partial charge < -0.3 is 9.47 Å². The van der Waals surface area contributed by atoms with Crippen LogP contribution in [0.4, 0.5) is 0 Å². The van der Waals surface area contributed by atoms with Crippen molar-refractivity contribution in [3.8, 4) is 0 Å². The van der Waals surface area contributed by atoms with Crippen molar-refractivity contribution in [1.82, 2.24) is 0 Å². The van der Waals surface area contributed by atoms with Gasteiger partial charge in [-0.1, -0.05) is 26.0 Å². The van der Waals surface area contributed by atoms with E-state index < -0.39 is 0 Å². The van der Waals surface area contributed by atoms with Crippen LogP contribution >= 0.6 is 0 Å². The fraction of sp³-hybridized carbons (Fsp3) is 0.750. The lowest BCUT2D eigenvalue weighted by Gasteiger charge is -2.56. The number of rotatable bonds is 4. The zero-order valence-corrected chi connectivity index (χ0v) is 14.4. The molecule has 1 spiro atoms. The van der Waals surface area contributed by atoms with Crippen LogP contribution in [0.1, 0.15) is 52.4 Å². The quantitative estimate of drug-likeness (QED) is 0.446. The van der Waals surface area contributed by atoms with E-state index in [2.05, 4.69) is 26.5 Å². The van der Waals surface area contributed by atoms with Crippen molar-refractivity contribution in [3.63, 3.8) is 0 Å². The van der Waals surface area contributed by atoms with Crippen molar-refractivity contribution in [2.24, 2.45) is 22.7 Å². The second-order valence-corrected chi connectivity index (χ2v) is 8.48. The molecule has 4 rings (SSSR count). The van der Waals surface area contributed by atoms with E-state index in [0.29, 0.717) is 18.4 Å². The molecule has 2 aliphatic heterocycles. The van der Waals surface area contributed by atoms with Crippen LogP contribution in [0.15, 0.2) is 24.3 Å². The van der Waals surface area contributed by atoms with E-state index in [-0.39, 0.29) is 22.4 Å². The van der Waals surface area contributed by atoms with Gasteiger partial charge in [-0.2, -0.15) is 0 Å². The van der Waals surface area contributed by atoms with E-state index in [4.69, 9.17) is 9.47 Å². The molecule has 3 fully saturated rings. The molecule has 0 radical (unpaired) electrons. The first-order valence-corrected chi connectivity index (χ1v) is 9.11. The average molecular weight is 316 g/mol. The van der Waals surface area contributed by atoms with Gasteiger partial charge in [0.2, 0.25) is 0 Å². The maximum atomic E-state index is 12.2. The highest BCUT2D eigenvalue weighted by Crippen LogP contribution is 2.64. The van der Waals surface area contributed by atoms with Gasteiger partial charge in [0.15, 0.2) is 0 Å². The SMILES string of the molecule is C=CC1(CCC2(C)C(C)CCC34COC(=O)C3=CCCC42)CO1. The van der Waals surface area contributed by atoms with Crippen LogP contribution in [0.5, 0.6) is 0 Å². The van der Waals surface area contributed by atoms with E-state index in [0.717, 1.165) is 37.9 Å². The Hall–Kier alpha value is -1.09. The number of epoxide rings is 1. The molecule has 5 unspecified atom stereocenters. The standard InChI is InChI=1S/C20H28O3/c1-4-19(12-23-19)11-10-18(3)14(2)8-9-20-13-22-17(21)15(20)6-5-7-16(18)20/h4,6,14,16H,1,5,7-13H2,2-3H3. The Bertz CT molecular complexity index is 573. The lowest BCUT2D eigenvalue weighted by Crippen LogP contribution is -2.51. The van der Waals surface area contributed by atoms with E-state index in [1.807, 2.05) is 6.08 Å². The predicted molar refractivity (Wildman–Crippen MR) is 88.8 cm³/mol. The molecule has 23 heavy (non-hydrogen) atoms. The lowest BCUT2D eigenvalue weighted by molar-refractivity contribution is -0.135. The molecule has 0 amide bonds. The average Bonchev–Trinajstić information content (AvgIpc) is 3.28. The first-order valence-electron chi connectivity index (χ1n) is 9.11. The van der Waals surface area contributed by atoms with Gasteiger partial charge in [0.25, 0.3) is 0 Å². The largest absolute Gasteiger partial charge is 0.461 e. The highest BCUT2D eigenvalue weighted by Gasteiger charge is 2.61. The number of cyclic esters (lactones) is 1. The summed E-state index contributed by atoms with van der Waals surface area (Å²) in [5.74, 6) is 1.17. The number of hydrogen-bond acceptors (Lipinski definition) is 3. The predicted octanol–water partition coefficient (Wildman–Crippen LogP) is 4.04. The van der Waals surface area contributed by atoms with Gasteiger partial charge in [0.05, 0.1) is 6.61 Å². The molecule has 126 valence electrons. The Morgan fingerprint density at radius 3 is 2.83 bits per heavy atom. The molecule has 0 aromatic rings. The normalized spacial score (nSPS) is 48.1. The summed E-state index contributed by atoms with van der Waals surface area (Å²) in [6, 6.07) is 0. The maximum Gasteiger partial charge on any atom is 0.334 e. The molecule has 2 heterocycles. The summed E-state index contributed by atoms with van der Waals surface area (Å²) in [4.78, 5) is 12.2. The highest BCUT2D eigenvalue weighted by molar-refractivity contribution is 5.92. The number of carbonyl (C=O) groups is 1. The summed E-state index contributed by atoms with van der Waals surface area (Å²) in [5, 5.41) is 0. The Labute approximate surface area is 139 Å². The van der Waals surface area contributed by atoms with Crippen molar-refractivity contribution in [2.45, 2.75) is 58.0 Å². The van der Waals surface area contributed by atoms with Crippen molar-refractivity contribution < 1.29 is 14.3 Å². The Balaban J connectivity index is 1.64. The third-order valence-corrected chi connectivity index (χ3v) is 7.61. The molecule has 0 bridgehead atoms. The van der Waals surface area contributed by atoms with Gasteiger partial charge in [-0.25, -0.2) is 4.79 Å². The topological polar surface area (TPSA) is 38.8 Å². The zero-order valence-electron chi connectivity index (χ0n) is 14.4. The summed E-state index contributed by atoms with van der Waals surface area (Å²) < 4.78 is 11.2. The highest BCUT2D eigenvalue weighted by atomic mass is 16.6. The molecular formula is C20H28O3. The molecule has 2 saturated heterocycles. The molecule has 3 nitrogen and oxygen atoms in total. The fourth-order valence-electron chi connectivity index (χ4n) is 5.65. The maximum absolute atomic E-state index is 12.2. The molecule has 3 heteroatoms. The van der Waals surface area contributed by atoms with E-state index in [1.54, 1.807) is 0 Å². The van der Waals surface area contributed by atoms with Crippen LogP contribution < -0.4 is 0 Å². The van der Waals surface area contributed by atoms with Gasteiger partial charge in [0, 0.05) is 11.0 Å². The van der Waals surface area contributed by atoms with Gasteiger partial charge in [-0.05, 0) is 55.8 Å². The monoisotopic (exact) mass is 316 g/mol. The number of esters is 1. The minimum atomic E-state index is -0.0668. The van der Waals surface area contributed by atoms with Crippen LogP contribution in [0.25, 0.3) is 0 Å². The summed E-state index contributed by atoms with van der Waals surface area (Å²) >= 11 is 0. The van der Waals surface area contributed by atoms with Crippen LogP contribution in [0, 0.1) is 22.7 Å². The van der Waals surface area contributed by atoms with Crippen molar-refractivity contribution in [3.05, 3.63) is 24.3 Å². The molecular weight excluding hydrogens is 288 g/mol. The Kier molecular flexibility index (Phi) is 3.32. The molecule has 2 aliphatic carbocycles. The van der Waals surface area contributed by atoms with Gasteiger partial charge >= 0.3 is 5.97 Å². The fourth-order valence-corrected chi connectivity index (χ4v) is 5.65. The number of carbonyl (C=O) groups excluding carboxylic acids is 1. The second-order valence-electron chi connectivity index (χ2n) is 8.48. The van der Waals surface area contributed by atoms with E-state index >= 15 is 0 Å². The van der Waals surface area contributed by atoms with Crippen LogP contribution in [-0.2, 0) is 14.3 Å². The minimum Gasteiger partial charge on any atom is -0.461 e. The molecule has 0 aromatic carbocycles. The van der Waals surface area contributed by atoms with Crippen LogP contribution in [0.3, 0.4) is 0 Å². The lowest BCUT2D eigenvalue weighted by atomic mass is 9.46. The summed E-state index contributed by atoms with van der Waals surface area (Å²) in [7, 11) is 0. The molecule has 1 saturated carbocycles. The first kappa shape index (κ1) is 15.4. The van der Waals surface area contributed by atoms with Gasteiger partial charge in [-0.3, -0.25) is 0 Å². The Morgan fingerprint density at radius 2 is 2.13 bits per heavy atom. The number of ether oxygens (including phenoxy) is 2. The first-order chi connectivity index (χ1) is 11.0. The summed E-state index contributed by atoms with van der Waals surface area (Å²) in [6.45, 7) is 10.2. The zero-order chi connectivity index (χ0) is 16.3. The van der Waals surface area contributed by atoms with Gasteiger partial charge in [0.1, 0.15) is 12.2 Å². The second kappa shape index (κ2) is 4.95. The summed E-state index contributed by atoms with van der Waals surface area (Å²) in [5.41, 5.74) is 1.16. The van der Waals surface area contributed by atoms with Crippen LogP contribution in [0.2, 0.25) is 0 Å². The molecule has 4 aliphatic rings.